The first-order valence-corrected chi connectivity index (χ1v) is 7.62. The van der Waals surface area contributed by atoms with Crippen LogP contribution in [0.15, 0.2) is 36.5 Å². The lowest BCUT2D eigenvalue weighted by Gasteiger charge is -2.28. The number of imidazole rings is 1. The van der Waals surface area contributed by atoms with Gasteiger partial charge in [-0.1, -0.05) is 11.6 Å². The number of H-pyrrole nitrogens is 1. The molecule has 1 fully saturated rings. The molecule has 0 atom stereocenters. The van der Waals surface area contributed by atoms with Gasteiger partial charge in [0.25, 0.3) is 0 Å². The molecule has 5 nitrogen and oxygen atoms in total. The van der Waals surface area contributed by atoms with Crippen LogP contribution < -0.4 is 4.90 Å². The monoisotopic (exact) mass is 314 g/mol. The number of pyridine rings is 1. The predicted octanol–water partition coefficient (Wildman–Crippen LogP) is 3.11. The van der Waals surface area contributed by atoms with Crippen LogP contribution in [0.3, 0.4) is 0 Å². The van der Waals surface area contributed by atoms with Crippen LogP contribution in [0.1, 0.15) is 0 Å². The zero-order valence-corrected chi connectivity index (χ0v) is 12.7. The summed E-state index contributed by atoms with van der Waals surface area (Å²) >= 11 is 6.15. The van der Waals surface area contributed by atoms with Gasteiger partial charge in [-0.15, -0.1) is 0 Å². The quantitative estimate of drug-likeness (QED) is 0.789. The van der Waals surface area contributed by atoms with E-state index in [0.29, 0.717) is 10.7 Å². The maximum atomic E-state index is 6.15. The summed E-state index contributed by atoms with van der Waals surface area (Å²) in [5, 5.41) is 0.633. The van der Waals surface area contributed by atoms with Crippen LogP contribution in [0.5, 0.6) is 0 Å². The van der Waals surface area contributed by atoms with E-state index in [1.807, 2.05) is 0 Å². The summed E-state index contributed by atoms with van der Waals surface area (Å²) in [5.74, 6) is 0.782. The van der Waals surface area contributed by atoms with Crippen LogP contribution in [0.2, 0.25) is 5.02 Å². The maximum Gasteiger partial charge on any atom is 0.179 e. The number of nitrogens with zero attached hydrogens (tertiary/aromatic N) is 3. The van der Waals surface area contributed by atoms with E-state index >= 15 is 0 Å². The zero-order chi connectivity index (χ0) is 14.9. The molecule has 22 heavy (non-hydrogen) atoms. The standard InChI is InChI=1S/C16H15ClN4O/c17-13-5-6-18-16-14(13)19-15(20-16)11-1-3-12(4-2-11)21-7-9-22-10-8-21/h1-6H,7-10H2,(H,18,19,20). The molecule has 1 aromatic carbocycles. The van der Waals surface area contributed by atoms with Gasteiger partial charge in [-0.05, 0) is 30.3 Å². The molecule has 6 heteroatoms. The fraction of sp³-hybridized carbons (Fsp3) is 0.250. The van der Waals surface area contributed by atoms with Crippen molar-refractivity contribution in [2.45, 2.75) is 0 Å². The first kappa shape index (κ1) is 13.5. The summed E-state index contributed by atoms with van der Waals surface area (Å²) in [4.78, 5) is 14.3. The second-order valence-electron chi connectivity index (χ2n) is 5.22. The molecule has 4 rings (SSSR count). The van der Waals surface area contributed by atoms with Gasteiger partial charge in [0.1, 0.15) is 11.3 Å². The number of nitrogens with one attached hydrogen (secondary N) is 1. The van der Waals surface area contributed by atoms with E-state index in [1.165, 1.54) is 5.69 Å². The molecule has 0 bridgehead atoms. The van der Waals surface area contributed by atoms with Crippen LogP contribution in [0.4, 0.5) is 5.69 Å². The number of hydrogen-bond acceptors (Lipinski definition) is 4. The maximum absolute atomic E-state index is 6.15. The number of morpholine rings is 1. The molecule has 2 aromatic heterocycles. The van der Waals surface area contributed by atoms with Crippen molar-refractivity contribution >= 4 is 28.5 Å². The number of ether oxygens (including phenoxy) is 1. The summed E-state index contributed by atoms with van der Waals surface area (Å²) in [7, 11) is 0. The Hall–Kier alpha value is -2.11. The minimum Gasteiger partial charge on any atom is -0.378 e. The van der Waals surface area contributed by atoms with Crippen molar-refractivity contribution in [2.75, 3.05) is 31.2 Å². The number of aromatic amines is 1. The fourth-order valence-electron chi connectivity index (χ4n) is 2.67. The van der Waals surface area contributed by atoms with Crippen molar-refractivity contribution in [1.82, 2.24) is 15.0 Å². The van der Waals surface area contributed by atoms with Gasteiger partial charge in [-0.2, -0.15) is 0 Å². The fourth-order valence-corrected chi connectivity index (χ4v) is 2.86. The second kappa shape index (κ2) is 5.59. The van der Waals surface area contributed by atoms with E-state index in [9.17, 15) is 0 Å². The van der Waals surface area contributed by atoms with E-state index in [1.54, 1.807) is 12.3 Å². The minimum atomic E-state index is 0.633. The summed E-state index contributed by atoms with van der Waals surface area (Å²) in [6, 6.07) is 10.1. The Kier molecular flexibility index (Phi) is 3.44. The zero-order valence-electron chi connectivity index (χ0n) is 11.9. The Morgan fingerprint density at radius 2 is 1.86 bits per heavy atom. The van der Waals surface area contributed by atoms with Gasteiger partial charge < -0.3 is 14.6 Å². The molecule has 1 saturated heterocycles. The number of benzene rings is 1. The van der Waals surface area contributed by atoms with Gasteiger partial charge in [0.2, 0.25) is 0 Å². The van der Waals surface area contributed by atoms with Gasteiger partial charge in [0, 0.05) is 30.5 Å². The third kappa shape index (κ3) is 2.42. The molecule has 3 aromatic rings. The lowest BCUT2D eigenvalue weighted by molar-refractivity contribution is 0.122. The highest BCUT2D eigenvalue weighted by Crippen LogP contribution is 2.26. The molecule has 1 aliphatic rings. The number of anilines is 1. The average Bonchev–Trinajstić information content (AvgIpc) is 3.02. The molecule has 0 saturated carbocycles. The summed E-state index contributed by atoms with van der Waals surface area (Å²) in [6.45, 7) is 3.44. The van der Waals surface area contributed by atoms with Crippen molar-refractivity contribution in [2.24, 2.45) is 0 Å². The van der Waals surface area contributed by atoms with Gasteiger partial charge in [-0.25, -0.2) is 9.97 Å². The molecule has 0 amide bonds. The number of fused-ring (bicyclic) bond motifs is 1. The van der Waals surface area contributed by atoms with Crippen molar-refractivity contribution < 1.29 is 4.74 Å². The van der Waals surface area contributed by atoms with Crippen LogP contribution in [-0.4, -0.2) is 41.3 Å². The van der Waals surface area contributed by atoms with Crippen molar-refractivity contribution in [1.29, 1.82) is 0 Å². The van der Waals surface area contributed by atoms with Crippen molar-refractivity contribution in [3.8, 4) is 11.4 Å². The Labute approximate surface area is 132 Å². The van der Waals surface area contributed by atoms with E-state index in [4.69, 9.17) is 16.3 Å². The first-order valence-electron chi connectivity index (χ1n) is 7.24. The summed E-state index contributed by atoms with van der Waals surface area (Å²) < 4.78 is 5.38. The number of aromatic nitrogens is 3. The predicted molar refractivity (Wildman–Crippen MR) is 87.4 cm³/mol. The van der Waals surface area contributed by atoms with E-state index in [-0.39, 0.29) is 0 Å². The Morgan fingerprint density at radius 1 is 1.09 bits per heavy atom. The SMILES string of the molecule is Clc1ccnc2nc(-c3ccc(N4CCOCC4)cc3)[nH]c12. The topological polar surface area (TPSA) is 54.0 Å². The largest absolute Gasteiger partial charge is 0.378 e. The third-order valence-electron chi connectivity index (χ3n) is 3.86. The summed E-state index contributed by atoms with van der Waals surface area (Å²) in [5.41, 5.74) is 3.64. The van der Waals surface area contributed by atoms with E-state index < -0.39 is 0 Å². The number of halogens is 1. The number of rotatable bonds is 2. The molecule has 112 valence electrons. The normalized spacial score (nSPS) is 15.4. The summed E-state index contributed by atoms with van der Waals surface area (Å²) in [6.07, 6.45) is 1.66. The molecule has 0 aliphatic carbocycles. The molecular formula is C16H15ClN4O. The minimum absolute atomic E-state index is 0.633. The van der Waals surface area contributed by atoms with E-state index in [2.05, 4.69) is 44.1 Å². The van der Waals surface area contributed by atoms with Crippen LogP contribution >= 0.6 is 11.6 Å². The average molecular weight is 315 g/mol. The van der Waals surface area contributed by atoms with Gasteiger partial charge >= 0.3 is 0 Å². The molecule has 1 aliphatic heterocycles. The van der Waals surface area contributed by atoms with Gasteiger partial charge in [-0.3, -0.25) is 0 Å². The molecular weight excluding hydrogens is 300 g/mol. The van der Waals surface area contributed by atoms with Crippen LogP contribution in [0.25, 0.3) is 22.6 Å². The molecule has 0 spiro atoms. The van der Waals surface area contributed by atoms with Gasteiger partial charge in [0.15, 0.2) is 5.65 Å². The highest BCUT2D eigenvalue weighted by molar-refractivity contribution is 6.34. The Balaban J connectivity index is 1.65. The lowest BCUT2D eigenvalue weighted by atomic mass is 10.2. The Bertz CT molecular complexity index is 794. The molecule has 3 heterocycles. The van der Waals surface area contributed by atoms with Crippen LogP contribution in [0, 0.1) is 0 Å². The van der Waals surface area contributed by atoms with Gasteiger partial charge in [0.05, 0.1) is 18.2 Å². The van der Waals surface area contributed by atoms with Crippen molar-refractivity contribution in [3.63, 3.8) is 0 Å². The van der Waals surface area contributed by atoms with E-state index in [0.717, 1.165) is 43.2 Å². The molecule has 1 N–H and O–H groups in total. The molecule has 0 unspecified atom stereocenters. The van der Waals surface area contributed by atoms with Crippen molar-refractivity contribution in [3.05, 3.63) is 41.6 Å². The Morgan fingerprint density at radius 3 is 2.59 bits per heavy atom. The first-order chi connectivity index (χ1) is 10.8. The highest BCUT2D eigenvalue weighted by Gasteiger charge is 2.12. The smallest absolute Gasteiger partial charge is 0.179 e. The van der Waals surface area contributed by atoms with Crippen LogP contribution in [-0.2, 0) is 4.74 Å². The third-order valence-corrected chi connectivity index (χ3v) is 4.17. The lowest BCUT2D eigenvalue weighted by Crippen LogP contribution is -2.36. The second-order valence-corrected chi connectivity index (χ2v) is 5.63. The number of hydrogen-bond donors (Lipinski definition) is 1. The molecule has 0 radical (unpaired) electrons. The highest BCUT2D eigenvalue weighted by atomic mass is 35.5.